The Kier molecular flexibility index (Phi) is 7.68. The quantitative estimate of drug-likeness (QED) is 0.513. The van der Waals surface area contributed by atoms with Crippen LogP contribution in [0.3, 0.4) is 0 Å². The van der Waals surface area contributed by atoms with E-state index in [1.807, 2.05) is 72.6 Å². The lowest BCUT2D eigenvalue weighted by atomic mass is 10.2. The molecular formula is C23H24ClN3O3S. The summed E-state index contributed by atoms with van der Waals surface area (Å²) >= 11 is 6.12. The first kappa shape index (κ1) is 22.8. The van der Waals surface area contributed by atoms with Crippen LogP contribution in [0.4, 0.5) is 5.69 Å². The first-order valence-corrected chi connectivity index (χ1v) is 11.6. The number of anilines is 1. The highest BCUT2D eigenvalue weighted by Crippen LogP contribution is 2.23. The van der Waals surface area contributed by atoms with E-state index in [2.05, 4.69) is 10.0 Å². The van der Waals surface area contributed by atoms with Crippen molar-refractivity contribution in [3.05, 3.63) is 95.0 Å². The first-order chi connectivity index (χ1) is 14.9. The van der Waals surface area contributed by atoms with Gasteiger partial charge in [0.25, 0.3) is 5.91 Å². The fourth-order valence-corrected chi connectivity index (χ4v) is 4.49. The summed E-state index contributed by atoms with van der Waals surface area (Å²) in [5.41, 5.74) is 2.09. The molecule has 0 saturated heterocycles. The fourth-order valence-electron chi connectivity index (χ4n) is 2.95. The normalized spacial score (nSPS) is 11.2. The van der Waals surface area contributed by atoms with Crippen LogP contribution >= 0.6 is 11.6 Å². The van der Waals surface area contributed by atoms with Crippen molar-refractivity contribution in [2.24, 2.45) is 0 Å². The largest absolute Gasteiger partial charge is 0.373 e. The van der Waals surface area contributed by atoms with Crippen molar-refractivity contribution < 1.29 is 13.2 Å². The Morgan fingerprint density at radius 2 is 1.61 bits per heavy atom. The Balaban J connectivity index is 1.63. The average Bonchev–Trinajstić information content (AvgIpc) is 2.79. The predicted molar refractivity (Wildman–Crippen MR) is 124 cm³/mol. The van der Waals surface area contributed by atoms with E-state index in [-0.39, 0.29) is 27.9 Å². The summed E-state index contributed by atoms with van der Waals surface area (Å²) in [6, 6.07) is 23.2. The van der Waals surface area contributed by atoms with Crippen molar-refractivity contribution in [3.8, 4) is 0 Å². The SMILES string of the molecule is CN(CCNC(=O)c1ccc(Cl)c(S(=O)(=O)NCc2ccccc2)c1)c1ccccc1. The second kappa shape index (κ2) is 10.4. The van der Waals surface area contributed by atoms with Gasteiger partial charge in [0.1, 0.15) is 4.90 Å². The Morgan fingerprint density at radius 1 is 0.968 bits per heavy atom. The molecule has 0 unspecified atom stereocenters. The van der Waals surface area contributed by atoms with Crippen LogP contribution in [0.5, 0.6) is 0 Å². The molecule has 1 amide bonds. The van der Waals surface area contributed by atoms with Gasteiger partial charge in [-0.1, -0.05) is 60.1 Å². The highest BCUT2D eigenvalue weighted by molar-refractivity contribution is 7.89. The average molecular weight is 458 g/mol. The zero-order valence-corrected chi connectivity index (χ0v) is 18.7. The van der Waals surface area contributed by atoms with Crippen molar-refractivity contribution in [2.45, 2.75) is 11.4 Å². The molecule has 0 aliphatic rings. The number of carbonyl (C=O) groups is 1. The van der Waals surface area contributed by atoms with Gasteiger partial charge in [-0.25, -0.2) is 13.1 Å². The lowest BCUT2D eigenvalue weighted by molar-refractivity contribution is 0.0954. The number of halogens is 1. The Bertz CT molecular complexity index is 1120. The number of para-hydroxylation sites is 1. The third kappa shape index (κ3) is 6.30. The van der Waals surface area contributed by atoms with Crippen LogP contribution in [-0.2, 0) is 16.6 Å². The lowest BCUT2D eigenvalue weighted by Gasteiger charge is -2.19. The molecule has 6 nitrogen and oxygen atoms in total. The van der Waals surface area contributed by atoms with Gasteiger partial charge >= 0.3 is 0 Å². The number of hydrogen-bond acceptors (Lipinski definition) is 4. The smallest absolute Gasteiger partial charge is 0.251 e. The highest BCUT2D eigenvalue weighted by atomic mass is 35.5. The van der Waals surface area contributed by atoms with Crippen LogP contribution in [0.1, 0.15) is 15.9 Å². The molecule has 0 saturated carbocycles. The molecule has 0 aliphatic carbocycles. The van der Waals surface area contributed by atoms with E-state index in [9.17, 15) is 13.2 Å². The highest BCUT2D eigenvalue weighted by Gasteiger charge is 2.20. The minimum absolute atomic E-state index is 0.0564. The van der Waals surface area contributed by atoms with E-state index in [4.69, 9.17) is 11.6 Å². The number of likely N-dealkylation sites (N-methyl/N-ethyl adjacent to an activating group) is 1. The van der Waals surface area contributed by atoms with E-state index in [0.29, 0.717) is 13.1 Å². The molecule has 31 heavy (non-hydrogen) atoms. The Labute approximate surface area is 187 Å². The third-order valence-corrected chi connectivity index (χ3v) is 6.60. The molecule has 0 fully saturated rings. The van der Waals surface area contributed by atoms with Gasteiger partial charge in [-0.3, -0.25) is 4.79 Å². The van der Waals surface area contributed by atoms with Gasteiger partial charge in [0, 0.05) is 37.9 Å². The number of carbonyl (C=O) groups excluding carboxylic acids is 1. The maximum absolute atomic E-state index is 12.7. The minimum atomic E-state index is -3.89. The molecule has 162 valence electrons. The molecule has 2 N–H and O–H groups in total. The van der Waals surface area contributed by atoms with Crippen LogP contribution in [-0.4, -0.2) is 34.5 Å². The monoisotopic (exact) mass is 457 g/mol. The Hall–Kier alpha value is -2.87. The van der Waals surface area contributed by atoms with Gasteiger partial charge in [0.05, 0.1) is 5.02 Å². The number of hydrogen-bond donors (Lipinski definition) is 2. The number of benzene rings is 3. The van der Waals surface area contributed by atoms with Gasteiger partial charge < -0.3 is 10.2 Å². The summed E-state index contributed by atoms with van der Waals surface area (Å²) < 4.78 is 28.0. The number of nitrogens with zero attached hydrogens (tertiary/aromatic N) is 1. The third-order valence-electron chi connectivity index (χ3n) is 4.72. The Morgan fingerprint density at radius 3 is 2.29 bits per heavy atom. The van der Waals surface area contributed by atoms with Crippen LogP contribution in [0.2, 0.25) is 5.02 Å². The lowest BCUT2D eigenvalue weighted by Crippen LogP contribution is -2.33. The summed E-state index contributed by atoms with van der Waals surface area (Å²) in [4.78, 5) is 14.4. The standard InChI is InChI=1S/C23H24ClN3O3S/c1-27(20-10-6-3-7-11-20)15-14-25-23(28)19-12-13-21(24)22(16-19)31(29,30)26-17-18-8-4-2-5-9-18/h2-13,16,26H,14-15,17H2,1H3,(H,25,28). The predicted octanol–water partition coefficient (Wildman–Crippen LogP) is 3.68. The van der Waals surface area contributed by atoms with Crippen LogP contribution in [0.25, 0.3) is 0 Å². The zero-order chi connectivity index (χ0) is 22.3. The van der Waals surface area contributed by atoms with Crippen LogP contribution in [0.15, 0.2) is 83.8 Å². The summed E-state index contributed by atoms with van der Waals surface area (Å²) in [7, 11) is -1.95. The summed E-state index contributed by atoms with van der Waals surface area (Å²) in [6.45, 7) is 1.13. The summed E-state index contributed by atoms with van der Waals surface area (Å²) in [5.74, 6) is -0.363. The van der Waals surface area contributed by atoms with Gasteiger partial charge in [-0.2, -0.15) is 0 Å². The molecule has 8 heteroatoms. The number of rotatable bonds is 9. The molecule has 3 aromatic carbocycles. The molecular weight excluding hydrogens is 434 g/mol. The fraction of sp³-hybridized carbons (Fsp3) is 0.174. The van der Waals surface area contributed by atoms with E-state index in [1.165, 1.54) is 18.2 Å². The molecule has 0 atom stereocenters. The van der Waals surface area contributed by atoms with Crippen LogP contribution < -0.4 is 14.9 Å². The second-order valence-electron chi connectivity index (χ2n) is 6.97. The molecule has 0 aromatic heterocycles. The first-order valence-electron chi connectivity index (χ1n) is 9.74. The zero-order valence-electron chi connectivity index (χ0n) is 17.1. The molecule has 0 aliphatic heterocycles. The van der Waals surface area contributed by atoms with Gasteiger partial charge in [-0.15, -0.1) is 0 Å². The summed E-state index contributed by atoms with van der Waals surface area (Å²) in [5, 5.41) is 2.87. The molecule has 0 spiro atoms. The molecule has 3 aromatic rings. The topological polar surface area (TPSA) is 78.5 Å². The van der Waals surface area contributed by atoms with Crippen molar-refractivity contribution in [1.82, 2.24) is 10.0 Å². The molecule has 0 radical (unpaired) electrons. The molecule has 3 rings (SSSR count). The maximum atomic E-state index is 12.7. The summed E-state index contributed by atoms with van der Waals surface area (Å²) in [6.07, 6.45) is 0. The van der Waals surface area contributed by atoms with Crippen LogP contribution in [0, 0.1) is 0 Å². The van der Waals surface area contributed by atoms with Crippen molar-refractivity contribution in [2.75, 3.05) is 25.0 Å². The van der Waals surface area contributed by atoms with E-state index in [1.54, 1.807) is 0 Å². The molecule has 0 bridgehead atoms. The van der Waals surface area contributed by atoms with Gasteiger partial charge in [0.15, 0.2) is 0 Å². The second-order valence-corrected chi connectivity index (χ2v) is 9.11. The van der Waals surface area contributed by atoms with Crippen molar-refractivity contribution >= 4 is 33.2 Å². The van der Waals surface area contributed by atoms with E-state index >= 15 is 0 Å². The minimum Gasteiger partial charge on any atom is -0.373 e. The van der Waals surface area contributed by atoms with E-state index < -0.39 is 10.0 Å². The maximum Gasteiger partial charge on any atom is 0.251 e. The van der Waals surface area contributed by atoms with Crippen molar-refractivity contribution in [3.63, 3.8) is 0 Å². The van der Waals surface area contributed by atoms with Gasteiger partial charge in [0.2, 0.25) is 10.0 Å². The number of sulfonamides is 1. The van der Waals surface area contributed by atoms with E-state index in [0.717, 1.165) is 11.3 Å². The van der Waals surface area contributed by atoms with Gasteiger partial charge in [-0.05, 0) is 35.9 Å². The molecule has 0 heterocycles. The number of nitrogens with one attached hydrogen (secondary N) is 2. The number of amides is 1. The van der Waals surface area contributed by atoms with Crippen molar-refractivity contribution in [1.29, 1.82) is 0 Å².